The Morgan fingerprint density at radius 3 is 2.69 bits per heavy atom. The molecule has 0 unspecified atom stereocenters. The number of rotatable bonds is 9. The first-order chi connectivity index (χ1) is 12.4. The van der Waals surface area contributed by atoms with Gasteiger partial charge in [0.15, 0.2) is 5.16 Å². The third kappa shape index (κ3) is 6.30. The smallest absolute Gasteiger partial charge is 0.230 e. The predicted molar refractivity (Wildman–Crippen MR) is 103 cm³/mol. The van der Waals surface area contributed by atoms with Crippen molar-refractivity contribution in [3.63, 3.8) is 0 Å². The number of hydrogen-bond donors (Lipinski definition) is 2. The molecule has 0 spiro atoms. The van der Waals surface area contributed by atoms with Gasteiger partial charge in [0, 0.05) is 25.4 Å². The summed E-state index contributed by atoms with van der Waals surface area (Å²) in [5.41, 5.74) is 5.24. The monoisotopic (exact) mass is 381 g/mol. The molecular weight excluding hydrogens is 350 g/mol. The van der Waals surface area contributed by atoms with Gasteiger partial charge in [-0.05, 0) is 24.7 Å². The van der Waals surface area contributed by atoms with Crippen LogP contribution in [0.3, 0.4) is 0 Å². The van der Waals surface area contributed by atoms with Gasteiger partial charge in [0.2, 0.25) is 11.8 Å². The van der Waals surface area contributed by atoms with Gasteiger partial charge >= 0.3 is 0 Å². The van der Waals surface area contributed by atoms with Crippen LogP contribution in [0, 0.1) is 11.8 Å². The van der Waals surface area contributed by atoms with E-state index in [1.54, 1.807) is 0 Å². The number of hydrogen-bond acceptors (Lipinski definition) is 5. The van der Waals surface area contributed by atoms with Crippen molar-refractivity contribution in [1.82, 2.24) is 20.1 Å². The highest BCUT2D eigenvalue weighted by Gasteiger charge is 2.23. The van der Waals surface area contributed by atoms with E-state index in [2.05, 4.69) is 36.3 Å². The predicted octanol–water partition coefficient (Wildman–Crippen LogP) is 2.14. The molecule has 146 valence electrons. The van der Waals surface area contributed by atoms with E-state index in [1.165, 1.54) is 31.0 Å². The van der Waals surface area contributed by atoms with Crippen LogP contribution in [-0.2, 0) is 22.6 Å². The number of thioether (sulfide) groups is 1. The zero-order valence-electron chi connectivity index (χ0n) is 16.0. The lowest BCUT2D eigenvalue weighted by atomic mass is 9.86. The Labute approximate surface area is 159 Å². The Morgan fingerprint density at radius 2 is 2.04 bits per heavy atom. The normalized spacial score (nSPS) is 20.3. The third-order valence-electron chi connectivity index (χ3n) is 4.73. The molecule has 0 aliphatic heterocycles. The minimum Gasteiger partial charge on any atom is -0.370 e. The Kier molecular flexibility index (Phi) is 7.93. The highest BCUT2D eigenvalue weighted by molar-refractivity contribution is 7.99. The van der Waals surface area contributed by atoms with Crippen molar-refractivity contribution in [2.24, 2.45) is 17.6 Å². The SMILES string of the molecule is CC(C)Cn1c(CCC(N)=O)nnc1SCC(=O)N[C@H]1CCCC[C@@H]1C. The van der Waals surface area contributed by atoms with Crippen molar-refractivity contribution in [2.45, 2.75) is 77.0 Å². The third-order valence-corrected chi connectivity index (χ3v) is 5.69. The van der Waals surface area contributed by atoms with Crippen molar-refractivity contribution in [3.05, 3.63) is 5.82 Å². The quantitative estimate of drug-likeness (QED) is 0.638. The highest BCUT2D eigenvalue weighted by Crippen LogP contribution is 2.24. The van der Waals surface area contributed by atoms with E-state index in [1.807, 2.05) is 4.57 Å². The van der Waals surface area contributed by atoms with Crippen LogP contribution in [0.4, 0.5) is 0 Å². The van der Waals surface area contributed by atoms with Gasteiger partial charge in [0.05, 0.1) is 5.75 Å². The van der Waals surface area contributed by atoms with Crippen molar-refractivity contribution in [2.75, 3.05) is 5.75 Å². The van der Waals surface area contributed by atoms with Crippen LogP contribution in [0.15, 0.2) is 5.16 Å². The lowest BCUT2D eigenvalue weighted by Crippen LogP contribution is -2.41. The molecule has 0 aromatic carbocycles. The molecule has 1 fully saturated rings. The van der Waals surface area contributed by atoms with E-state index in [0.717, 1.165) is 23.9 Å². The van der Waals surface area contributed by atoms with Gasteiger partial charge < -0.3 is 15.6 Å². The molecule has 8 heteroatoms. The first-order valence-electron chi connectivity index (χ1n) is 9.49. The number of carbonyl (C=O) groups is 2. The molecule has 1 aromatic rings. The molecule has 1 heterocycles. The van der Waals surface area contributed by atoms with Gasteiger partial charge in [-0.3, -0.25) is 9.59 Å². The van der Waals surface area contributed by atoms with Crippen LogP contribution in [0.2, 0.25) is 0 Å². The zero-order chi connectivity index (χ0) is 19.1. The number of aryl methyl sites for hydroxylation is 1. The molecule has 26 heavy (non-hydrogen) atoms. The topological polar surface area (TPSA) is 103 Å². The number of carbonyl (C=O) groups excluding carboxylic acids is 2. The molecule has 0 saturated heterocycles. The number of primary amides is 1. The summed E-state index contributed by atoms with van der Waals surface area (Å²) < 4.78 is 2.01. The standard InChI is InChI=1S/C18H31N5O2S/c1-12(2)10-23-16(9-8-15(19)24)21-22-18(23)26-11-17(25)20-14-7-5-4-6-13(14)3/h12-14H,4-11H2,1-3H3,(H2,19,24)(H,20,25)/t13-,14-/m0/s1. The average Bonchev–Trinajstić information content (AvgIpc) is 2.94. The summed E-state index contributed by atoms with van der Waals surface area (Å²) in [5.74, 6) is 1.74. The Hall–Kier alpha value is -1.57. The molecular formula is C18H31N5O2S. The summed E-state index contributed by atoms with van der Waals surface area (Å²) in [7, 11) is 0. The van der Waals surface area contributed by atoms with Gasteiger partial charge in [-0.15, -0.1) is 10.2 Å². The molecule has 2 rings (SSSR count). The second kappa shape index (κ2) is 9.94. The van der Waals surface area contributed by atoms with Crippen LogP contribution in [-0.4, -0.2) is 38.4 Å². The second-order valence-corrected chi connectivity index (χ2v) is 8.54. The molecule has 1 aliphatic carbocycles. The number of aromatic nitrogens is 3. The molecule has 2 atom stereocenters. The lowest BCUT2D eigenvalue weighted by Gasteiger charge is -2.29. The first-order valence-corrected chi connectivity index (χ1v) is 10.5. The van der Waals surface area contributed by atoms with E-state index < -0.39 is 0 Å². The fourth-order valence-electron chi connectivity index (χ4n) is 3.30. The maximum absolute atomic E-state index is 12.3. The lowest BCUT2D eigenvalue weighted by molar-refractivity contribution is -0.120. The summed E-state index contributed by atoms with van der Waals surface area (Å²) in [6, 6.07) is 0.288. The summed E-state index contributed by atoms with van der Waals surface area (Å²) in [6.07, 6.45) is 5.42. The fraction of sp³-hybridized carbons (Fsp3) is 0.778. The summed E-state index contributed by atoms with van der Waals surface area (Å²) in [4.78, 5) is 23.4. The van der Waals surface area contributed by atoms with E-state index in [9.17, 15) is 9.59 Å². The highest BCUT2D eigenvalue weighted by atomic mass is 32.2. The number of nitrogens with one attached hydrogen (secondary N) is 1. The summed E-state index contributed by atoms with van der Waals surface area (Å²) in [5, 5.41) is 12.3. The Morgan fingerprint density at radius 1 is 1.31 bits per heavy atom. The summed E-state index contributed by atoms with van der Waals surface area (Å²) >= 11 is 1.40. The molecule has 1 saturated carbocycles. The average molecular weight is 382 g/mol. The Balaban J connectivity index is 1.94. The van der Waals surface area contributed by atoms with Crippen LogP contribution in [0.1, 0.15) is 58.7 Å². The molecule has 1 aliphatic rings. The second-order valence-electron chi connectivity index (χ2n) is 7.59. The maximum Gasteiger partial charge on any atom is 0.230 e. The number of amides is 2. The molecule has 3 N–H and O–H groups in total. The van der Waals surface area contributed by atoms with Crippen LogP contribution < -0.4 is 11.1 Å². The molecule has 0 bridgehead atoms. The number of nitrogens with two attached hydrogens (primary N) is 1. The van der Waals surface area contributed by atoms with E-state index in [-0.39, 0.29) is 24.3 Å². The van der Waals surface area contributed by atoms with Crippen LogP contribution >= 0.6 is 11.8 Å². The largest absolute Gasteiger partial charge is 0.370 e. The van der Waals surface area contributed by atoms with E-state index >= 15 is 0 Å². The van der Waals surface area contributed by atoms with Gasteiger partial charge in [-0.2, -0.15) is 0 Å². The van der Waals surface area contributed by atoms with Crippen molar-refractivity contribution < 1.29 is 9.59 Å². The molecule has 0 radical (unpaired) electrons. The van der Waals surface area contributed by atoms with Gasteiger partial charge in [-0.25, -0.2) is 0 Å². The van der Waals surface area contributed by atoms with Gasteiger partial charge in [-0.1, -0.05) is 45.4 Å². The minimum absolute atomic E-state index is 0.0477. The van der Waals surface area contributed by atoms with Crippen LogP contribution in [0.25, 0.3) is 0 Å². The molecule has 2 amide bonds. The van der Waals surface area contributed by atoms with E-state index in [4.69, 9.17) is 5.73 Å². The van der Waals surface area contributed by atoms with Crippen LogP contribution in [0.5, 0.6) is 0 Å². The molecule has 1 aromatic heterocycles. The van der Waals surface area contributed by atoms with E-state index in [0.29, 0.717) is 24.0 Å². The fourth-order valence-corrected chi connectivity index (χ4v) is 4.08. The minimum atomic E-state index is -0.348. The van der Waals surface area contributed by atoms with Gasteiger partial charge in [0.25, 0.3) is 0 Å². The Bertz CT molecular complexity index is 617. The van der Waals surface area contributed by atoms with Gasteiger partial charge in [0.1, 0.15) is 5.82 Å². The van der Waals surface area contributed by atoms with Crippen molar-refractivity contribution in [3.8, 4) is 0 Å². The summed E-state index contributed by atoms with van der Waals surface area (Å²) in [6.45, 7) is 7.19. The van der Waals surface area contributed by atoms with Crippen molar-refractivity contribution in [1.29, 1.82) is 0 Å². The van der Waals surface area contributed by atoms with Crippen molar-refractivity contribution >= 4 is 23.6 Å². The first kappa shape index (κ1) is 20.7. The number of nitrogens with zero attached hydrogens (tertiary/aromatic N) is 3. The zero-order valence-corrected chi connectivity index (χ0v) is 16.8. The maximum atomic E-state index is 12.3. The molecule has 7 nitrogen and oxygen atoms in total.